The first-order valence-corrected chi connectivity index (χ1v) is 3.73. The predicted octanol–water partition coefficient (Wildman–Crippen LogP) is 2.76. The Morgan fingerprint density at radius 1 is 1.00 bits per heavy atom. The number of hydrogen-bond donors (Lipinski definition) is 1. The Bertz CT molecular complexity index is 478. The number of hydrogen-bond acceptors (Lipinski definition) is 0. The van der Waals surface area contributed by atoms with E-state index in [2.05, 4.69) is 41.4 Å². The van der Waals surface area contributed by atoms with Crippen molar-refractivity contribution >= 4 is 21.8 Å². The predicted molar refractivity (Wildman–Crippen MR) is 47.0 cm³/mol. The van der Waals surface area contributed by atoms with Crippen molar-refractivity contribution in [3.63, 3.8) is 0 Å². The summed E-state index contributed by atoms with van der Waals surface area (Å²) in [6.07, 6.45) is 0. The number of H-pyrrole nitrogens is 1. The van der Waals surface area contributed by atoms with Gasteiger partial charge in [0.25, 0.3) is 0 Å². The topological polar surface area (TPSA) is 15.8 Å². The van der Waals surface area contributed by atoms with Crippen molar-refractivity contribution in [2.45, 2.75) is 0 Å². The van der Waals surface area contributed by atoms with E-state index >= 15 is 0 Å². The van der Waals surface area contributed by atoms with Gasteiger partial charge in [-0.2, -0.15) is 0 Å². The lowest BCUT2D eigenvalue weighted by atomic mass is 10.1. The van der Waals surface area contributed by atoms with Crippen LogP contribution in [0.4, 0.5) is 0 Å². The second-order valence-corrected chi connectivity index (χ2v) is 2.87. The Balaban J connectivity index is 2.66. The zero-order chi connectivity index (χ0) is 7.26. The van der Waals surface area contributed by atoms with Crippen LogP contribution in [-0.2, 0) is 0 Å². The van der Waals surface area contributed by atoms with Crippen LogP contribution in [-0.4, -0.2) is 4.98 Å². The molecule has 11 heavy (non-hydrogen) atoms. The molecule has 1 heteroatoms. The fourth-order valence-electron chi connectivity index (χ4n) is 1.56. The summed E-state index contributed by atoms with van der Waals surface area (Å²) in [6.45, 7) is 0. The van der Waals surface area contributed by atoms with Gasteiger partial charge in [-0.25, -0.2) is 0 Å². The van der Waals surface area contributed by atoms with Crippen molar-refractivity contribution in [2.75, 3.05) is 0 Å². The minimum Gasteiger partial charge on any atom is -0.355 e. The van der Waals surface area contributed by atoms with E-state index in [1.165, 1.54) is 21.8 Å². The molecule has 2 bridgehead atoms. The van der Waals surface area contributed by atoms with Crippen molar-refractivity contribution in [1.29, 1.82) is 0 Å². The molecule has 4 aromatic rings. The summed E-state index contributed by atoms with van der Waals surface area (Å²) in [5, 5.41) is 2.65. The van der Waals surface area contributed by atoms with Gasteiger partial charge in [0.15, 0.2) is 0 Å². The van der Waals surface area contributed by atoms with E-state index in [0.29, 0.717) is 0 Å². The lowest BCUT2D eigenvalue weighted by molar-refractivity contribution is 1.45. The van der Waals surface area contributed by atoms with Crippen LogP contribution in [0.25, 0.3) is 21.8 Å². The van der Waals surface area contributed by atoms with Crippen LogP contribution in [0, 0.1) is 0 Å². The van der Waals surface area contributed by atoms with Gasteiger partial charge in [0, 0.05) is 16.4 Å². The lowest BCUT2D eigenvalue weighted by Gasteiger charge is -2.07. The Morgan fingerprint density at radius 3 is 2.64 bits per heavy atom. The quantitative estimate of drug-likeness (QED) is 0.495. The Morgan fingerprint density at radius 2 is 1.82 bits per heavy atom. The fourth-order valence-corrected chi connectivity index (χ4v) is 1.56. The van der Waals surface area contributed by atoms with E-state index in [4.69, 9.17) is 0 Å². The van der Waals surface area contributed by atoms with E-state index in [1.54, 1.807) is 0 Å². The fraction of sp³-hybridized carbons (Fsp3) is 0. The molecule has 0 amide bonds. The molecule has 0 aliphatic rings. The minimum atomic E-state index is 1.23. The largest absolute Gasteiger partial charge is 0.355 e. The zero-order valence-electron chi connectivity index (χ0n) is 5.96. The molecule has 1 nitrogen and oxygen atoms in total. The van der Waals surface area contributed by atoms with E-state index in [0.717, 1.165) is 0 Å². The molecule has 0 radical (unpaired) electrons. The Labute approximate surface area is 64.0 Å². The summed E-state index contributed by atoms with van der Waals surface area (Å²) >= 11 is 0. The van der Waals surface area contributed by atoms with Crippen molar-refractivity contribution in [2.24, 2.45) is 0 Å². The maximum absolute atomic E-state index is 3.26. The molecule has 0 saturated heterocycles. The van der Waals surface area contributed by atoms with Gasteiger partial charge in [-0.15, -0.1) is 0 Å². The smallest absolute Gasteiger partial charge is 0.0484 e. The highest BCUT2D eigenvalue weighted by Crippen LogP contribution is 2.24. The zero-order valence-corrected chi connectivity index (χ0v) is 5.96. The van der Waals surface area contributed by atoms with Gasteiger partial charge in [0.05, 0.1) is 0 Å². The van der Waals surface area contributed by atoms with Crippen molar-refractivity contribution in [1.82, 2.24) is 4.98 Å². The first-order chi connectivity index (χ1) is 5.43. The van der Waals surface area contributed by atoms with Gasteiger partial charge in [0.2, 0.25) is 0 Å². The average molecular weight is 141 g/mol. The maximum atomic E-state index is 3.26. The highest BCUT2D eigenvalue weighted by molar-refractivity contribution is 6.02. The molecule has 2 aromatic heterocycles. The second-order valence-electron chi connectivity index (χ2n) is 2.87. The average Bonchev–Trinajstić information content (AvgIpc) is 2.02. The van der Waals surface area contributed by atoms with Gasteiger partial charge in [-0.1, -0.05) is 24.3 Å². The molecule has 1 N–H and O–H groups in total. The summed E-state index contributed by atoms with van der Waals surface area (Å²) in [6, 6.07) is 12.8. The van der Waals surface area contributed by atoms with Gasteiger partial charge in [-0.05, 0) is 17.5 Å². The van der Waals surface area contributed by atoms with Gasteiger partial charge >= 0.3 is 0 Å². The molecule has 0 aliphatic carbocycles. The monoisotopic (exact) mass is 141 g/mol. The third kappa shape index (κ3) is 0.552. The summed E-state index contributed by atoms with van der Waals surface area (Å²) in [4.78, 5) is 3.26. The molecule has 52 valence electrons. The minimum absolute atomic E-state index is 1.23. The molecular weight excluding hydrogens is 134 g/mol. The van der Waals surface area contributed by atoms with Crippen molar-refractivity contribution in [3.8, 4) is 0 Å². The second kappa shape index (κ2) is 1.56. The highest BCUT2D eigenvalue weighted by Gasteiger charge is 2.01. The van der Waals surface area contributed by atoms with Crippen LogP contribution in [0.2, 0.25) is 0 Å². The molecule has 0 unspecified atom stereocenters. The van der Waals surface area contributed by atoms with E-state index in [1.807, 2.05) is 0 Å². The number of aromatic nitrogens is 1. The molecule has 0 saturated carbocycles. The number of nitrogens with one attached hydrogen (secondary N) is 1. The Kier molecular flexibility index (Phi) is 0.737. The van der Waals surface area contributed by atoms with E-state index < -0.39 is 0 Å². The standard InChI is InChI=1S/C10H7N/c1-2-4-9-7(3-1)5-8-6-10(9)11-8/h1-6,11H. The van der Waals surface area contributed by atoms with Crippen LogP contribution >= 0.6 is 0 Å². The van der Waals surface area contributed by atoms with Gasteiger partial charge in [-0.3, -0.25) is 0 Å². The summed E-state index contributed by atoms with van der Waals surface area (Å²) < 4.78 is 0. The molecule has 0 fully saturated rings. The van der Waals surface area contributed by atoms with E-state index in [-0.39, 0.29) is 0 Å². The number of rotatable bonds is 0. The normalized spacial score (nSPS) is 11.6. The van der Waals surface area contributed by atoms with Crippen LogP contribution in [0.15, 0.2) is 36.4 Å². The molecule has 0 atom stereocenters. The lowest BCUT2D eigenvalue weighted by Crippen LogP contribution is -1.86. The molecule has 2 heterocycles. The van der Waals surface area contributed by atoms with E-state index in [9.17, 15) is 0 Å². The van der Waals surface area contributed by atoms with Crippen LogP contribution in [0.1, 0.15) is 0 Å². The third-order valence-corrected chi connectivity index (χ3v) is 2.14. The molecule has 0 aliphatic heterocycles. The number of pyridine rings is 1. The van der Waals surface area contributed by atoms with Crippen molar-refractivity contribution < 1.29 is 0 Å². The van der Waals surface area contributed by atoms with Crippen molar-refractivity contribution in [3.05, 3.63) is 36.4 Å². The Hall–Kier alpha value is -1.50. The molecule has 4 rings (SSSR count). The van der Waals surface area contributed by atoms with Gasteiger partial charge < -0.3 is 4.98 Å². The summed E-state index contributed by atoms with van der Waals surface area (Å²) in [5.74, 6) is 0. The first kappa shape index (κ1) is 5.19. The molecule has 0 spiro atoms. The van der Waals surface area contributed by atoms with Crippen LogP contribution < -0.4 is 0 Å². The summed E-state index contributed by atoms with van der Waals surface area (Å²) in [5.41, 5.74) is 2.50. The van der Waals surface area contributed by atoms with Crippen LogP contribution in [0.3, 0.4) is 0 Å². The third-order valence-electron chi connectivity index (χ3n) is 2.14. The van der Waals surface area contributed by atoms with Crippen LogP contribution in [0.5, 0.6) is 0 Å². The SMILES string of the molecule is c1ccc2c(c1)cc1cc2[nH]1. The number of benzene rings is 2. The summed E-state index contributed by atoms with van der Waals surface area (Å²) in [7, 11) is 0. The van der Waals surface area contributed by atoms with Gasteiger partial charge in [0.1, 0.15) is 0 Å². The number of aromatic amines is 1. The molecular formula is C10H7N. The maximum Gasteiger partial charge on any atom is 0.0484 e. The first-order valence-electron chi connectivity index (χ1n) is 3.73. The highest BCUT2D eigenvalue weighted by atomic mass is 14.7. The molecule has 2 aromatic carbocycles.